The first kappa shape index (κ1) is 41.1. The quantitative estimate of drug-likeness (QED) is 0.0565. The Morgan fingerprint density at radius 2 is 0.839 bits per heavy atom. The van der Waals surface area contributed by atoms with E-state index in [1.54, 1.807) is 9.46 Å². The molecule has 8 heteroatoms. The summed E-state index contributed by atoms with van der Waals surface area (Å²) in [7, 11) is -2.23. The van der Waals surface area contributed by atoms with Gasteiger partial charge >= 0.3 is 0 Å². The molecule has 0 N–H and O–H groups in total. The molecule has 7 nitrogen and oxygen atoms in total. The second-order valence-electron chi connectivity index (χ2n) is 13.5. The van der Waals surface area contributed by atoms with E-state index in [1.807, 2.05) is 142 Å². The molecule has 0 atom stereocenters. The van der Waals surface area contributed by atoms with Crippen LogP contribution >= 0.6 is 0 Å². The van der Waals surface area contributed by atoms with Crippen LogP contribution in [0.2, 0.25) is 0 Å². The normalized spacial score (nSPS) is 10.6. The largest absolute Gasteiger partial charge is 0.871 e. The lowest BCUT2D eigenvalue weighted by molar-refractivity contribution is -0.875. The highest BCUT2D eigenvalue weighted by Crippen LogP contribution is 2.43. The topological polar surface area (TPSA) is 81.6 Å². The number of aryl methyl sites for hydroxylation is 4. The first-order chi connectivity index (χ1) is 27.2. The van der Waals surface area contributed by atoms with Crippen molar-refractivity contribution in [3.8, 4) is 11.5 Å². The summed E-state index contributed by atoms with van der Waals surface area (Å²) in [5, 5.41) is 21.4. The molecule has 0 aliphatic rings. The van der Waals surface area contributed by atoms with Crippen LogP contribution < -0.4 is 29.2 Å². The maximum Gasteiger partial charge on any atom is 0.223 e. The third kappa shape index (κ3) is 12.0. The molecule has 284 valence electrons. The molecule has 0 aliphatic carbocycles. The van der Waals surface area contributed by atoms with Crippen molar-refractivity contribution in [3.63, 3.8) is 0 Å². The smallest absolute Gasteiger partial charge is 0.223 e. The summed E-state index contributed by atoms with van der Waals surface area (Å²) in [5.74, 6) is 1.79. The molecule has 5 aromatic carbocycles. The van der Waals surface area contributed by atoms with Crippen molar-refractivity contribution in [2.45, 2.75) is 46.0 Å². The zero-order valence-electron chi connectivity index (χ0n) is 32.5. The van der Waals surface area contributed by atoms with Gasteiger partial charge in [-0.05, 0) is 91.6 Å². The van der Waals surface area contributed by atoms with Gasteiger partial charge in [0.05, 0.1) is 7.32 Å². The fourth-order valence-corrected chi connectivity index (χ4v) is 6.34. The molecule has 2 aromatic heterocycles. The van der Waals surface area contributed by atoms with Crippen LogP contribution in [0.3, 0.4) is 0 Å². The summed E-state index contributed by atoms with van der Waals surface area (Å²) in [4.78, 5) is 11.4. The average Bonchev–Trinajstić information content (AvgIpc) is 3.23. The van der Waals surface area contributed by atoms with Gasteiger partial charge in [-0.1, -0.05) is 127 Å². The van der Waals surface area contributed by atoms with Gasteiger partial charge in [0.1, 0.15) is 0 Å². The van der Waals surface area contributed by atoms with Crippen LogP contribution in [0, 0.1) is 27.7 Å². The van der Waals surface area contributed by atoms with Crippen LogP contribution in [0.4, 0.5) is 0 Å². The van der Waals surface area contributed by atoms with Crippen LogP contribution in [0.5, 0.6) is 11.5 Å². The van der Waals surface area contributed by atoms with Crippen molar-refractivity contribution in [1.29, 1.82) is 0 Å². The zero-order chi connectivity index (χ0) is 39.6. The molecule has 56 heavy (non-hydrogen) atoms. The predicted molar refractivity (Wildman–Crippen MR) is 217 cm³/mol. The summed E-state index contributed by atoms with van der Waals surface area (Å²) in [5.41, 5.74) is 7.84. The molecule has 0 unspecified atom stereocenters. The number of nitrogens with zero attached hydrogens (tertiary/aromatic N) is 2. The Morgan fingerprint density at radius 1 is 0.482 bits per heavy atom. The highest BCUT2D eigenvalue weighted by atomic mass is 16.7. The number of rotatable bonds is 12. The number of aromatic nitrogens is 2. The van der Waals surface area contributed by atoms with Crippen LogP contribution in [-0.2, 0) is 10.1 Å². The Labute approximate surface area is 331 Å². The molecule has 0 saturated heterocycles. The van der Waals surface area contributed by atoms with Crippen molar-refractivity contribution in [2.75, 3.05) is 6.61 Å². The van der Waals surface area contributed by atoms with Gasteiger partial charge in [-0.15, -0.1) is 0 Å². The average molecular weight is 745 g/mol. The van der Waals surface area contributed by atoms with Crippen molar-refractivity contribution >= 4 is 7.32 Å². The summed E-state index contributed by atoms with van der Waals surface area (Å²) in [6.07, 6.45) is 8.85. The monoisotopic (exact) mass is 744 g/mol. The first-order valence-corrected chi connectivity index (χ1v) is 18.8. The van der Waals surface area contributed by atoms with E-state index in [4.69, 9.17) is 14.3 Å². The lowest BCUT2D eigenvalue weighted by Gasteiger charge is -2.37. The third-order valence-corrected chi connectivity index (χ3v) is 9.22. The molecule has 0 spiro atoms. The van der Waals surface area contributed by atoms with E-state index in [9.17, 15) is 10.0 Å². The summed E-state index contributed by atoms with van der Waals surface area (Å²) >= 11 is 0. The Morgan fingerprint density at radius 3 is 1.20 bits per heavy atom. The maximum absolute atomic E-state index is 10.7. The van der Waals surface area contributed by atoms with E-state index < -0.39 is 7.32 Å². The van der Waals surface area contributed by atoms with Gasteiger partial charge in [-0.25, -0.2) is 9.68 Å². The molecule has 0 bridgehead atoms. The van der Waals surface area contributed by atoms with E-state index in [1.165, 1.54) is 27.8 Å². The van der Waals surface area contributed by atoms with E-state index >= 15 is 0 Å². The maximum atomic E-state index is 10.7. The summed E-state index contributed by atoms with van der Waals surface area (Å²) < 4.78 is 8.13. The Kier molecular flexibility index (Phi) is 15.5. The Balaban J connectivity index is 0.000000171. The lowest BCUT2D eigenvalue weighted by Crippen LogP contribution is -2.48. The number of benzene rings is 5. The third-order valence-electron chi connectivity index (χ3n) is 9.22. The van der Waals surface area contributed by atoms with Gasteiger partial charge in [-0.2, -0.15) is 0 Å². The SMILES string of the molecule is Cc1ccc(C)c(O[n+]2ccccc2)c1.Cc1ccc(C)c(O[n+]2ccccc2)c1.[O-]B([O-])OCCCC(c1ccccc1)(c1ccccc1)c1ccccc1. The standard InChI is InChI=1S/C22H21BO3.2C13H14NO/c24-23(25)26-18-10-17-22(19-11-4-1-5-12-19,20-13-6-2-7-14-20)21-15-8-3-9-16-21;2*1-11-6-7-12(2)13(10-11)15-14-8-4-3-5-9-14/h1-9,11-16H,10,17-18H2;2*3-10H,1-2H3/q-2;2*+1. The van der Waals surface area contributed by atoms with E-state index in [0.717, 1.165) is 29.0 Å². The fraction of sp³-hybridized carbons (Fsp3) is 0.167. The summed E-state index contributed by atoms with van der Waals surface area (Å²) in [6, 6.07) is 55.1. The van der Waals surface area contributed by atoms with E-state index in [2.05, 4.69) is 74.5 Å². The minimum absolute atomic E-state index is 0.159. The lowest BCUT2D eigenvalue weighted by atomic mass is 9.67. The van der Waals surface area contributed by atoms with Crippen molar-refractivity contribution < 1.29 is 33.8 Å². The van der Waals surface area contributed by atoms with Crippen LogP contribution in [0.1, 0.15) is 51.8 Å². The minimum atomic E-state index is -2.23. The molecular formula is C48H49BN2O5. The van der Waals surface area contributed by atoms with Gasteiger partial charge in [0.15, 0.2) is 0 Å². The molecule has 7 rings (SSSR count). The molecule has 2 heterocycles. The number of hydrogen-bond acceptors (Lipinski definition) is 5. The fourth-order valence-electron chi connectivity index (χ4n) is 6.34. The first-order valence-electron chi connectivity index (χ1n) is 18.8. The van der Waals surface area contributed by atoms with Gasteiger partial charge in [0.2, 0.25) is 36.3 Å². The van der Waals surface area contributed by atoms with Crippen LogP contribution in [0.15, 0.2) is 189 Å². The van der Waals surface area contributed by atoms with E-state index in [-0.39, 0.29) is 12.0 Å². The second kappa shape index (κ2) is 21.1. The van der Waals surface area contributed by atoms with Crippen molar-refractivity contribution in [1.82, 2.24) is 0 Å². The van der Waals surface area contributed by atoms with Gasteiger partial charge in [0.25, 0.3) is 0 Å². The van der Waals surface area contributed by atoms with Gasteiger partial charge in [-0.3, -0.25) is 0 Å². The highest BCUT2D eigenvalue weighted by molar-refractivity contribution is 6.28. The summed E-state index contributed by atoms with van der Waals surface area (Å²) in [6.45, 7) is 8.35. The molecule has 0 aliphatic heterocycles. The Bertz CT molecular complexity index is 1990. The number of hydrogen-bond donors (Lipinski definition) is 0. The molecule has 0 fully saturated rings. The molecule has 0 amide bonds. The van der Waals surface area contributed by atoms with Crippen molar-refractivity contribution in [3.05, 3.63) is 228 Å². The van der Waals surface area contributed by atoms with Crippen LogP contribution in [-0.4, -0.2) is 13.9 Å². The zero-order valence-corrected chi connectivity index (χ0v) is 32.5. The highest BCUT2D eigenvalue weighted by Gasteiger charge is 2.35. The Hall–Kier alpha value is -6.06. The van der Waals surface area contributed by atoms with Gasteiger partial charge < -0.3 is 14.7 Å². The second-order valence-corrected chi connectivity index (χ2v) is 13.5. The van der Waals surface area contributed by atoms with Crippen LogP contribution in [0.25, 0.3) is 0 Å². The number of pyridine rings is 2. The predicted octanol–water partition coefficient (Wildman–Crippen LogP) is 7.39. The molecular weight excluding hydrogens is 695 g/mol. The molecule has 0 saturated carbocycles. The van der Waals surface area contributed by atoms with E-state index in [0.29, 0.717) is 6.42 Å². The molecule has 0 radical (unpaired) electrons. The molecule has 7 aromatic rings. The van der Waals surface area contributed by atoms with Gasteiger partial charge in [0, 0.05) is 45.7 Å². The van der Waals surface area contributed by atoms with Crippen molar-refractivity contribution in [2.24, 2.45) is 0 Å². The minimum Gasteiger partial charge on any atom is -0.871 e.